The molecule has 0 spiro atoms. The highest BCUT2D eigenvalue weighted by molar-refractivity contribution is 5.30. The van der Waals surface area contributed by atoms with Gasteiger partial charge in [-0.3, -0.25) is 0 Å². The maximum Gasteiger partial charge on any atom is 0.119 e. The second kappa shape index (κ2) is 7.91. The fourth-order valence-corrected chi connectivity index (χ4v) is 1.62. The lowest BCUT2D eigenvalue weighted by molar-refractivity contribution is -0.646. The minimum atomic E-state index is 0.555. The van der Waals surface area contributed by atoms with Crippen molar-refractivity contribution in [2.75, 3.05) is 19.7 Å². The minimum absolute atomic E-state index is 0.555. The van der Waals surface area contributed by atoms with Crippen LogP contribution in [0.1, 0.15) is 31.7 Å². The molecule has 0 heterocycles. The molecule has 0 aliphatic rings. The number of ether oxygens (including phenoxy) is 1. The zero-order valence-corrected chi connectivity index (χ0v) is 11.0. The molecule has 1 aromatic carbocycles. The SMILES string of the molecule is C=CC[NH2+]CCCOc1cccc(C(C)C)c1. The van der Waals surface area contributed by atoms with E-state index in [9.17, 15) is 0 Å². The van der Waals surface area contributed by atoms with Crippen molar-refractivity contribution in [1.82, 2.24) is 0 Å². The van der Waals surface area contributed by atoms with E-state index in [0.717, 1.165) is 31.9 Å². The molecule has 2 heteroatoms. The van der Waals surface area contributed by atoms with E-state index in [1.165, 1.54) is 5.56 Å². The maximum absolute atomic E-state index is 5.73. The quantitative estimate of drug-likeness (QED) is 0.542. The summed E-state index contributed by atoms with van der Waals surface area (Å²) >= 11 is 0. The molecule has 0 amide bonds. The largest absolute Gasteiger partial charge is 0.493 e. The predicted octanol–water partition coefficient (Wildman–Crippen LogP) is 2.33. The molecule has 0 aliphatic heterocycles. The molecule has 0 bridgehead atoms. The van der Waals surface area contributed by atoms with Gasteiger partial charge in [0, 0.05) is 6.42 Å². The zero-order chi connectivity index (χ0) is 12.5. The summed E-state index contributed by atoms with van der Waals surface area (Å²) in [5.74, 6) is 1.54. The summed E-state index contributed by atoms with van der Waals surface area (Å²) in [6, 6.07) is 8.38. The Balaban J connectivity index is 2.26. The molecule has 0 radical (unpaired) electrons. The molecule has 0 fully saturated rings. The van der Waals surface area contributed by atoms with Crippen molar-refractivity contribution in [1.29, 1.82) is 0 Å². The van der Waals surface area contributed by atoms with Crippen LogP contribution >= 0.6 is 0 Å². The molecule has 0 saturated heterocycles. The number of rotatable bonds is 8. The van der Waals surface area contributed by atoms with E-state index >= 15 is 0 Å². The van der Waals surface area contributed by atoms with E-state index in [4.69, 9.17) is 4.74 Å². The van der Waals surface area contributed by atoms with Crippen LogP contribution in [0.25, 0.3) is 0 Å². The average molecular weight is 234 g/mol. The van der Waals surface area contributed by atoms with Crippen LogP contribution in [0.3, 0.4) is 0 Å². The standard InChI is InChI=1S/C15H23NO/c1-4-9-16-10-6-11-17-15-8-5-7-14(12-15)13(2)3/h4-5,7-8,12-13,16H,1,6,9-11H2,2-3H3/p+1. The molecule has 0 atom stereocenters. The Morgan fingerprint density at radius 3 is 2.94 bits per heavy atom. The summed E-state index contributed by atoms with van der Waals surface area (Å²) in [4.78, 5) is 0. The highest BCUT2D eigenvalue weighted by atomic mass is 16.5. The average Bonchev–Trinajstić information content (AvgIpc) is 2.34. The van der Waals surface area contributed by atoms with Gasteiger partial charge in [-0.25, -0.2) is 0 Å². The van der Waals surface area contributed by atoms with Crippen molar-refractivity contribution in [3.8, 4) is 5.75 Å². The van der Waals surface area contributed by atoms with Crippen molar-refractivity contribution in [2.45, 2.75) is 26.2 Å². The van der Waals surface area contributed by atoms with Crippen LogP contribution in [0.2, 0.25) is 0 Å². The molecule has 0 unspecified atom stereocenters. The molecule has 0 aromatic heterocycles. The lowest BCUT2D eigenvalue weighted by atomic mass is 10.0. The van der Waals surface area contributed by atoms with Crippen LogP contribution in [0.5, 0.6) is 5.75 Å². The van der Waals surface area contributed by atoms with E-state index in [0.29, 0.717) is 5.92 Å². The Morgan fingerprint density at radius 1 is 1.41 bits per heavy atom. The van der Waals surface area contributed by atoms with Gasteiger partial charge in [0.05, 0.1) is 19.7 Å². The van der Waals surface area contributed by atoms with Gasteiger partial charge >= 0.3 is 0 Å². The molecule has 94 valence electrons. The number of quaternary nitrogens is 1. The van der Waals surface area contributed by atoms with Crippen LogP contribution in [0.4, 0.5) is 0 Å². The predicted molar refractivity (Wildman–Crippen MR) is 72.5 cm³/mol. The van der Waals surface area contributed by atoms with Gasteiger partial charge in [-0.15, -0.1) is 0 Å². The first-order valence-electron chi connectivity index (χ1n) is 6.39. The molecular formula is C15H24NO+. The normalized spacial score (nSPS) is 10.5. The van der Waals surface area contributed by atoms with Gasteiger partial charge in [-0.2, -0.15) is 0 Å². The van der Waals surface area contributed by atoms with Crippen LogP contribution in [0.15, 0.2) is 36.9 Å². The second-order valence-corrected chi connectivity index (χ2v) is 4.53. The molecule has 0 saturated carbocycles. The fourth-order valence-electron chi connectivity index (χ4n) is 1.62. The van der Waals surface area contributed by atoms with Crippen molar-refractivity contribution in [3.05, 3.63) is 42.5 Å². The molecule has 2 N–H and O–H groups in total. The first-order chi connectivity index (χ1) is 8.24. The highest BCUT2D eigenvalue weighted by Gasteiger charge is 2.00. The molecule has 1 rings (SSSR count). The van der Waals surface area contributed by atoms with Crippen molar-refractivity contribution < 1.29 is 10.1 Å². The topological polar surface area (TPSA) is 25.8 Å². The maximum atomic E-state index is 5.73. The Bertz CT molecular complexity index is 333. The van der Waals surface area contributed by atoms with E-state index < -0.39 is 0 Å². The lowest BCUT2D eigenvalue weighted by Crippen LogP contribution is -2.84. The summed E-state index contributed by atoms with van der Waals surface area (Å²) in [5.41, 5.74) is 1.33. The lowest BCUT2D eigenvalue weighted by Gasteiger charge is -2.09. The summed E-state index contributed by atoms with van der Waals surface area (Å²) in [6.45, 7) is 11.0. The van der Waals surface area contributed by atoms with Gasteiger partial charge in [0.2, 0.25) is 0 Å². The summed E-state index contributed by atoms with van der Waals surface area (Å²) < 4.78 is 5.73. The smallest absolute Gasteiger partial charge is 0.119 e. The highest BCUT2D eigenvalue weighted by Crippen LogP contribution is 2.19. The number of benzene rings is 1. The van der Waals surface area contributed by atoms with Crippen molar-refractivity contribution in [3.63, 3.8) is 0 Å². The number of hydrogen-bond donors (Lipinski definition) is 1. The summed E-state index contributed by atoms with van der Waals surface area (Å²) in [6.07, 6.45) is 2.99. The fraction of sp³-hybridized carbons (Fsp3) is 0.467. The van der Waals surface area contributed by atoms with Gasteiger partial charge in [0.1, 0.15) is 5.75 Å². The molecule has 1 aromatic rings. The Morgan fingerprint density at radius 2 is 2.24 bits per heavy atom. The molecule has 2 nitrogen and oxygen atoms in total. The van der Waals surface area contributed by atoms with Gasteiger partial charge in [-0.1, -0.05) is 32.6 Å². The summed E-state index contributed by atoms with van der Waals surface area (Å²) in [5, 5.41) is 2.24. The van der Waals surface area contributed by atoms with Crippen LogP contribution in [0, 0.1) is 0 Å². The monoisotopic (exact) mass is 234 g/mol. The Labute approximate surface area is 105 Å². The third-order valence-corrected chi connectivity index (χ3v) is 2.68. The van der Waals surface area contributed by atoms with Gasteiger partial charge in [0.15, 0.2) is 0 Å². The van der Waals surface area contributed by atoms with Crippen LogP contribution < -0.4 is 10.1 Å². The van der Waals surface area contributed by atoms with Crippen molar-refractivity contribution in [2.24, 2.45) is 0 Å². The van der Waals surface area contributed by atoms with Gasteiger partial charge < -0.3 is 10.1 Å². The van der Waals surface area contributed by atoms with Crippen molar-refractivity contribution >= 4 is 0 Å². The first-order valence-corrected chi connectivity index (χ1v) is 6.39. The zero-order valence-electron chi connectivity index (χ0n) is 11.0. The Kier molecular flexibility index (Phi) is 6.41. The minimum Gasteiger partial charge on any atom is -0.493 e. The Hall–Kier alpha value is -1.28. The number of nitrogens with two attached hydrogens (primary N) is 1. The van der Waals surface area contributed by atoms with Crippen LogP contribution in [-0.2, 0) is 0 Å². The molecule has 0 aliphatic carbocycles. The van der Waals surface area contributed by atoms with E-state index in [1.807, 2.05) is 12.1 Å². The summed E-state index contributed by atoms with van der Waals surface area (Å²) in [7, 11) is 0. The molecular weight excluding hydrogens is 210 g/mol. The van der Waals surface area contributed by atoms with E-state index in [2.05, 4.69) is 43.9 Å². The van der Waals surface area contributed by atoms with Crippen LogP contribution in [-0.4, -0.2) is 19.7 Å². The van der Waals surface area contributed by atoms with Gasteiger partial charge in [0.25, 0.3) is 0 Å². The third kappa shape index (κ3) is 5.55. The van der Waals surface area contributed by atoms with E-state index in [-0.39, 0.29) is 0 Å². The second-order valence-electron chi connectivity index (χ2n) is 4.53. The van der Waals surface area contributed by atoms with Gasteiger partial charge in [-0.05, 0) is 29.7 Å². The van der Waals surface area contributed by atoms with E-state index in [1.54, 1.807) is 0 Å². The first kappa shape index (κ1) is 13.8. The third-order valence-electron chi connectivity index (χ3n) is 2.68. The molecule has 17 heavy (non-hydrogen) atoms. The number of hydrogen-bond acceptors (Lipinski definition) is 1.